The Labute approximate surface area is 135 Å². The van der Waals surface area contributed by atoms with Crippen LogP contribution in [0.5, 0.6) is 5.88 Å². The average molecular weight is 314 g/mol. The van der Waals surface area contributed by atoms with Gasteiger partial charge < -0.3 is 14.2 Å². The Morgan fingerprint density at radius 3 is 2.83 bits per heavy atom. The Hall–Kier alpha value is -1.95. The van der Waals surface area contributed by atoms with Gasteiger partial charge in [-0.1, -0.05) is 11.2 Å². The Morgan fingerprint density at radius 1 is 1.26 bits per heavy atom. The maximum absolute atomic E-state index is 5.52. The van der Waals surface area contributed by atoms with Crippen LogP contribution >= 0.6 is 0 Å². The summed E-state index contributed by atoms with van der Waals surface area (Å²) >= 11 is 0. The largest absolute Gasteiger partial charge is 0.481 e. The summed E-state index contributed by atoms with van der Waals surface area (Å²) in [6, 6.07) is 4.73. The first-order valence-electron chi connectivity index (χ1n) is 8.38. The highest BCUT2D eigenvalue weighted by molar-refractivity contribution is 5.28. The Kier molecular flexibility index (Phi) is 3.99. The summed E-state index contributed by atoms with van der Waals surface area (Å²) in [6.45, 7) is 2.31. The number of rotatable bonds is 5. The van der Waals surface area contributed by atoms with Crippen molar-refractivity contribution < 1.29 is 9.26 Å². The number of nitrogens with zero attached hydrogens (tertiary/aromatic N) is 4. The lowest BCUT2D eigenvalue weighted by Crippen LogP contribution is -2.34. The Bertz CT molecular complexity index is 660. The number of likely N-dealkylation sites (tertiary alicyclic amines) is 1. The molecule has 0 spiro atoms. The minimum atomic E-state index is 0.405. The molecule has 2 aromatic rings. The highest BCUT2D eigenvalue weighted by atomic mass is 16.5. The molecule has 2 aromatic heterocycles. The topological polar surface area (TPSA) is 64.3 Å². The van der Waals surface area contributed by atoms with Crippen LogP contribution in [0, 0.1) is 0 Å². The van der Waals surface area contributed by atoms with Crippen LogP contribution in [0.4, 0.5) is 0 Å². The number of hydrogen-bond donors (Lipinski definition) is 0. The third-order valence-corrected chi connectivity index (χ3v) is 4.82. The molecular weight excluding hydrogens is 292 g/mol. The summed E-state index contributed by atoms with van der Waals surface area (Å²) in [7, 11) is 1.63. The van der Waals surface area contributed by atoms with Crippen molar-refractivity contribution in [3.05, 3.63) is 35.6 Å². The second-order valence-electron chi connectivity index (χ2n) is 6.44. The lowest BCUT2D eigenvalue weighted by Gasteiger charge is -2.30. The fourth-order valence-corrected chi connectivity index (χ4v) is 3.37. The van der Waals surface area contributed by atoms with E-state index in [1.54, 1.807) is 13.3 Å². The lowest BCUT2D eigenvalue weighted by molar-refractivity contribution is 0.186. The zero-order valence-corrected chi connectivity index (χ0v) is 13.4. The average Bonchev–Trinajstić information content (AvgIpc) is 3.35. The summed E-state index contributed by atoms with van der Waals surface area (Å²) < 4.78 is 10.8. The molecule has 0 bridgehead atoms. The van der Waals surface area contributed by atoms with E-state index in [1.165, 1.54) is 12.8 Å². The van der Waals surface area contributed by atoms with Gasteiger partial charge in [0, 0.05) is 30.1 Å². The van der Waals surface area contributed by atoms with Gasteiger partial charge in [0.25, 0.3) is 0 Å². The molecule has 1 saturated carbocycles. The van der Waals surface area contributed by atoms with Gasteiger partial charge in [-0.15, -0.1) is 0 Å². The number of methoxy groups -OCH3 is 1. The van der Waals surface area contributed by atoms with Gasteiger partial charge >= 0.3 is 0 Å². The van der Waals surface area contributed by atoms with Gasteiger partial charge in [-0.3, -0.25) is 0 Å². The molecule has 6 heteroatoms. The molecule has 122 valence electrons. The molecule has 0 aromatic carbocycles. The summed E-state index contributed by atoms with van der Waals surface area (Å²) in [5.41, 5.74) is 0.978. The van der Waals surface area contributed by atoms with Gasteiger partial charge in [0.05, 0.1) is 7.11 Å². The molecule has 3 heterocycles. The SMILES string of the molecule is COc1ncccc1Cc1noc(C2CCN(C3CC3)CC2)n1. The van der Waals surface area contributed by atoms with E-state index in [4.69, 9.17) is 9.26 Å². The van der Waals surface area contributed by atoms with Crippen molar-refractivity contribution in [3.63, 3.8) is 0 Å². The zero-order chi connectivity index (χ0) is 15.6. The molecule has 0 amide bonds. The summed E-state index contributed by atoms with van der Waals surface area (Å²) in [5.74, 6) is 2.52. The van der Waals surface area contributed by atoms with Crippen LogP contribution in [0.15, 0.2) is 22.9 Å². The third kappa shape index (κ3) is 3.22. The van der Waals surface area contributed by atoms with Crippen molar-refractivity contribution in [2.24, 2.45) is 0 Å². The van der Waals surface area contributed by atoms with Crippen LogP contribution in [0.25, 0.3) is 0 Å². The van der Waals surface area contributed by atoms with Crippen molar-refractivity contribution >= 4 is 0 Å². The fourth-order valence-electron chi connectivity index (χ4n) is 3.37. The van der Waals surface area contributed by atoms with Crippen LogP contribution in [0.2, 0.25) is 0 Å². The summed E-state index contributed by atoms with van der Waals surface area (Å²) in [5, 5.41) is 4.15. The Morgan fingerprint density at radius 2 is 2.09 bits per heavy atom. The molecule has 2 fully saturated rings. The quantitative estimate of drug-likeness (QED) is 0.844. The summed E-state index contributed by atoms with van der Waals surface area (Å²) in [4.78, 5) is 11.4. The van der Waals surface area contributed by atoms with Crippen LogP contribution < -0.4 is 4.74 Å². The smallest absolute Gasteiger partial charge is 0.229 e. The molecule has 0 N–H and O–H groups in total. The number of hydrogen-bond acceptors (Lipinski definition) is 6. The molecule has 1 aliphatic carbocycles. The molecule has 23 heavy (non-hydrogen) atoms. The molecule has 0 atom stereocenters. The van der Waals surface area contributed by atoms with E-state index < -0.39 is 0 Å². The summed E-state index contributed by atoms with van der Waals surface area (Å²) in [6.07, 6.45) is 7.30. The maximum atomic E-state index is 5.52. The molecule has 1 aliphatic heterocycles. The van der Waals surface area contributed by atoms with Gasteiger partial charge in [-0.25, -0.2) is 4.98 Å². The fraction of sp³-hybridized carbons (Fsp3) is 0.588. The van der Waals surface area contributed by atoms with Gasteiger partial charge in [0.15, 0.2) is 5.82 Å². The van der Waals surface area contributed by atoms with Gasteiger partial charge in [0.1, 0.15) is 0 Å². The first-order chi connectivity index (χ1) is 11.3. The van der Waals surface area contributed by atoms with Crippen molar-refractivity contribution in [1.29, 1.82) is 0 Å². The van der Waals surface area contributed by atoms with Crippen molar-refractivity contribution in [2.75, 3.05) is 20.2 Å². The van der Waals surface area contributed by atoms with Crippen LogP contribution in [0.1, 0.15) is 48.9 Å². The van der Waals surface area contributed by atoms with Crippen molar-refractivity contribution in [3.8, 4) is 5.88 Å². The van der Waals surface area contributed by atoms with Gasteiger partial charge in [-0.2, -0.15) is 4.98 Å². The molecule has 1 saturated heterocycles. The maximum Gasteiger partial charge on any atom is 0.229 e. The predicted molar refractivity (Wildman–Crippen MR) is 84.5 cm³/mol. The molecular formula is C17H22N4O2. The van der Waals surface area contributed by atoms with E-state index in [0.717, 1.165) is 43.4 Å². The van der Waals surface area contributed by atoms with Crippen molar-refractivity contribution in [1.82, 2.24) is 20.0 Å². The van der Waals surface area contributed by atoms with E-state index in [2.05, 4.69) is 20.0 Å². The Balaban J connectivity index is 1.40. The van der Waals surface area contributed by atoms with Gasteiger partial charge in [-0.05, 0) is 44.8 Å². The minimum absolute atomic E-state index is 0.405. The second-order valence-corrected chi connectivity index (χ2v) is 6.44. The number of aromatic nitrogens is 3. The highest BCUT2D eigenvalue weighted by Crippen LogP contribution is 2.34. The normalized spacial score (nSPS) is 19.9. The van der Waals surface area contributed by atoms with Crippen molar-refractivity contribution in [2.45, 2.75) is 44.1 Å². The van der Waals surface area contributed by atoms with Gasteiger partial charge in [0.2, 0.25) is 11.8 Å². The van der Waals surface area contributed by atoms with E-state index in [-0.39, 0.29) is 0 Å². The number of pyridine rings is 1. The van der Waals surface area contributed by atoms with E-state index in [0.29, 0.717) is 24.0 Å². The van der Waals surface area contributed by atoms with E-state index in [1.807, 2.05) is 12.1 Å². The standard InChI is InChI=1S/C17H22N4O2/c1-22-16-13(3-2-8-18-16)11-15-19-17(23-20-15)12-6-9-21(10-7-12)14-4-5-14/h2-3,8,12,14H,4-7,9-11H2,1H3. The second kappa shape index (κ2) is 6.28. The molecule has 2 aliphatic rings. The monoisotopic (exact) mass is 314 g/mol. The highest BCUT2D eigenvalue weighted by Gasteiger charge is 2.33. The third-order valence-electron chi connectivity index (χ3n) is 4.82. The molecule has 0 unspecified atom stereocenters. The van der Waals surface area contributed by atoms with Crippen LogP contribution in [0.3, 0.4) is 0 Å². The zero-order valence-electron chi connectivity index (χ0n) is 13.4. The molecule has 4 rings (SSSR count). The minimum Gasteiger partial charge on any atom is -0.481 e. The first kappa shape index (κ1) is 14.6. The van der Waals surface area contributed by atoms with Crippen LogP contribution in [-0.2, 0) is 6.42 Å². The molecule has 0 radical (unpaired) electrons. The van der Waals surface area contributed by atoms with E-state index >= 15 is 0 Å². The predicted octanol–water partition coefficient (Wildman–Crippen LogP) is 2.41. The molecule has 6 nitrogen and oxygen atoms in total. The van der Waals surface area contributed by atoms with Crippen LogP contribution in [-0.4, -0.2) is 46.3 Å². The number of ether oxygens (including phenoxy) is 1. The number of piperidine rings is 1. The first-order valence-corrected chi connectivity index (χ1v) is 8.38. The lowest BCUT2D eigenvalue weighted by atomic mass is 9.96. The van der Waals surface area contributed by atoms with E-state index in [9.17, 15) is 0 Å².